The molecule has 16 nitrogen and oxygen atoms in total. The third-order valence-corrected chi connectivity index (χ3v) is 11.7. The van der Waals surface area contributed by atoms with E-state index in [-0.39, 0.29) is 37.2 Å². The maximum absolute atomic E-state index is 14.8. The van der Waals surface area contributed by atoms with Crippen molar-refractivity contribution in [2.75, 3.05) is 95.1 Å². The number of halogens is 6. The lowest BCUT2D eigenvalue weighted by molar-refractivity contribution is -0.166. The van der Waals surface area contributed by atoms with Crippen LogP contribution in [0.3, 0.4) is 0 Å². The van der Waals surface area contributed by atoms with E-state index in [0.29, 0.717) is 35.2 Å². The minimum atomic E-state index is -3.23. The Morgan fingerprint density at radius 1 is 0.750 bits per heavy atom. The van der Waals surface area contributed by atoms with Crippen LogP contribution < -0.4 is 40.1 Å². The van der Waals surface area contributed by atoms with Crippen LogP contribution >= 0.6 is 23.5 Å². The van der Waals surface area contributed by atoms with Gasteiger partial charge in [-0.1, -0.05) is 0 Å². The van der Waals surface area contributed by atoms with Crippen molar-refractivity contribution in [3.05, 3.63) is 35.9 Å². The zero-order valence-corrected chi connectivity index (χ0v) is 33.4. The number of thioether (sulfide) groups is 2. The van der Waals surface area contributed by atoms with E-state index in [1.54, 1.807) is 12.1 Å². The molecule has 6 aliphatic rings. The molecule has 0 unspecified atom stereocenters. The second-order valence-corrected chi connectivity index (χ2v) is 16.0. The molecule has 2 aromatic carbocycles. The van der Waals surface area contributed by atoms with Gasteiger partial charge in [0, 0.05) is 86.9 Å². The van der Waals surface area contributed by atoms with Crippen LogP contribution in [-0.2, 0) is 28.6 Å². The Labute approximate surface area is 347 Å². The molecular formula is C36H40F6N6O10S2. The summed E-state index contributed by atoms with van der Waals surface area (Å²) in [4.78, 5) is 61.7. The van der Waals surface area contributed by atoms with Crippen LogP contribution in [0, 0.1) is 11.6 Å². The van der Waals surface area contributed by atoms with Crippen molar-refractivity contribution in [3.63, 3.8) is 0 Å². The summed E-state index contributed by atoms with van der Waals surface area (Å²) < 4.78 is 102. The molecule has 328 valence electrons. The Kier molecular flexibility index (Phi) is 14.6. The zero-order chi connectivity index (χ0) is 43.2. The third-order valence-electron chi connectivity index (χ3n) is 9.85. The van der Waals surface area contributed by atoms with Gasteiger partial charge in [0.15, 0.2) is 0 Å². The summed E-state index contributed by atoms with van der Waals surface area (Å²) in [5.74, 6) is -0.434. The van der Waals surface area contributed by atoms with Crippen LogP contribution in [0.5, 0.6) is 11.5 Å². The number of amides is 3. The number of benzene rings is 2. The van der Waals surface area contributed by atoms with Gasteiger partial charge >= 0.3 is 37.0 Å². The first-order valence-electron chi connectivity index (χ1n) is 18.5. The number of fused-ring (bicyclic) bond motifs is 6. The van der Waals surface area contributed by atoms with Gasteiger partial charge in [0.25, 0.3) is 5.91 Å². The Morgan fingerprint density at radius 3 is 1.60 bits per heavy atom. The van der Waals surface area contributed by atoms with E-state index in [2.05, 4.69) is 4.74 Å². The van der Waals surface area contributed by atoms with Gasteiger partial charge in [-0.25, -0.2) is 23.2 Å². The van der Waals surface area contributed by atoms with Gasteiger partial charge < -0.3 is 44.5 Å². The Morgan fingerprint density at radius 2 is 1.20 bits per heavy atom. The summed E-state index contributed by atoms with van der Waals surface area (Å²) in [6, 6.07) is 4.94. The highest BCUT2D eigenvalue weighted by molar-refractivity contribution is 7.99. The van der Waals surface area contributed by atoms with Gasteiger partial charge in [0.05, 0.1) is 29.3 Å². The van der Waals surface area contributed by atoms with Crippen molar-refractivity contribution in [2.24, 2.45) is 5.73 Å². The van der Waals surface area contributed by atoms with Gasteiger partial charge in [0.1, 0.15) is 60.6 Å². The number of anilines is 4. The predicted octanol–water partition coefficient (Wildman–Crippen LogP) is 3.61. The molecular weight excluding hydrogens is 855 g/mol. The van der Waals surface area contributed by atoms with E-state index >= 15 is 0 Å². The Balaban J connectivity index is 0.000000170. The molecule has 0 radical (unpaired) electrons. The lowest BCUT2D eigenvalue weighted by atomic mass is 10.1. The summed E-state index contributed by atoms with van der Waals surface area (Å²) in [7, 11) is 0. The number of alkyl halides is 4. The number of hydrogen-bond donors (Lipinski definition) is 2. The summed E-state index contributed by atoms with van der Waals surface area (Å²) in [6.45, 7) is 4.24. The molecule has 0 aromatic heterocycles. The van der Waals surface area contributed by atoms with E-state index in [9.17, 15) is 50.3 Å². The molecule has 4 saturated heterocycles. The SMILES string of the molecule is CC(=O)OC(=O)C(F)F.NC[C@@H]1OC(=O)N2c3cc(F)c(N4CCSCC4)cc3OC[C@@H]12.O=C(NC[C@@H]1OC(=O)N2c3cc(F)c(N4CCSCC4)cc3OC[C@@H]12)C(F)F. The van der Waals surface area contributed by atoms with Crippen LogP contribution in [0.15, 0.2) is 24.3 Å². The van der Waals surface area contributed by atoms with Crippen molar-refractivity contribution in [2.45, 2.75) is 44.1 Å². The molecule has 0 spiro atoms. The molecule has 3 N–H and O–H groups in total. The molecule has 60 heavy (non-hydrogen) atoms. The molecule has 0 bridgehead atoms. The smallest absolute Gasteiger partial charge is 0.415 e. The van der Waals surface area contributed by atoms with Crippen molar-refractivity contribution in [1.82, 2.24) is 5.32 Å². The molecule has 4 fully saturated rings. The van der Waals surface area contributed by atoms with Crippen molar-refractivity contribution >= 4 is 76.3 Å². The second kappa shape index (κ2) is 19.6. The fourth-order valence-corrected chi connectivity index (χ4v) is 8.82. The van der Waals surface area contributed by atoms with E-state index in [1.807, 2.05) is 38.6 Å². The standard InChI is InChI=1S/C17H18F3N3O4S.C15H18FN3O3S.C4H4F2O3/c18-9-5-11-13(6-10(9)22-1-3-28-4-2-22)26-8-12-14(27-17(25)23(11)12)7-21-16(24)15(19)20;16-9-5-11-13(6-10(9)18-1-3-23-4-2-18)21-8-12-14(7-17)22-15(20)19(11)12;1-2(7)9-4(8)3(5)6/h5-6,12,14-15H,1-4,7-8H2,(H,21,24);5-6,12,14H,1-4,7-8,17H2;3H,1H3/t2*12-,14-;/m00./s1. The zero-order valence-electron chi connectivity index (χ0n) is 31.8. The highest BCUT2D eigenvalue weighted by Crippen LogP contribution is 2.44. The highest BCUT2D eigenvalue weighted by atomic mass is 32.2. The number of rotatable bonds is 7. The molecule has 0 aliphatic carbocycles. The van der Waals surface area contributed by atoms with Gasteiger partial charge in [0.2, 0.25) is 0 Å². The first-order chi connectivity index (χ1) is 28.7. The summed E-state index contributed by atoms with van der Waals surface area (Å²) in [5.41, 5.74) is 7.25. The first kappa shape index (κ1) is 44.6. The number of cyclic esters (lactones) is 2. The fourth-order valence-electron chi connectivity index (χ4n) is 7.01. The van der Waals surface area contributed by atoms with Crippen LogP contribution in [0.1, 0.15) is 6.92 Å². The summed E-state index contributed by atoms with van der Waals surface area (Å²) >= 11 is 3.67. The lowest BCUT2D eigenvalue weighted by Crippen LogP contribution is -2.48. The Hall–Kier alpha value is -4.97. The Bertz CT molecular complexity index is 1950. The quantitative estimate of drug-likeness (QED) is 0.178. The average molecular weight is 895 g/mol. The van der Waals surface area contributed by atoms with Gasteiger partial charge in [-0.2, -0.15) is 41.1 Å². The maximum Gasteiger partial charge on any atom is 0.415 e. The minimum absolute atomic E-state index is 0.0505. The molecule has 0 saturated carbocycles. The van der Waals surface area contributed by atoms with Crippen LogP contribution in [-0.4, -0.2) is 143 Å². The monoisotopic (exact) mass is 894 g/mol. The number of nitrogens with two attached hydrogens (primary N) is 1. The topological polar surface area (TPSA) is 183 Å². The van der Waals surface area contributed by atoms with Gasteiger partial charge in [-0.05, 0) is 0 Å². The maximum atomic E-state index is 14.8. The largest absolute Gasteiger partial charge is 0.489 e. The molecule has 6 aliphatic heterocycles. The van der Waals surface area contributed by atoms with Crippen molar-refractivity contribution in [3.8, 4) is 11.5 Å². The summed E-state index contributed by atoms with van der Waals surface area (Å²) in [6.07, 6.45) is -8.89. The second-order valence-electron chi connectivity index (χ2n) is 13.6. The number of ether oxygens (including phenoxy) is 5. The van der Waals surface area contributed by atoms with Crippen molar-refractivity contribution < 1.29 is 74.0 Å². The number of nitrogens with one attached hydrogen (secondary N) is 1. The average Bonchev–Trinajstić information content (AvgIpc) is 3.75. The van der Waals surface area contributed by atoms with Crippen molar-refractivity contribution in [1.29, 1.82) is 0 Å². The minimum Gasteiger partial charge on any atom is -0.489 e. The van der Waals surface area contributed by atoms with E-state index in [4.69, 9.17) is 24.7 Å². The third kappa shape index (κ3) is 9.96. The molecule has 2 aromatic rings. The molecule has 3 amide bonds. The number of carbonyl (C=O) groups is 5. The summed E-state index contributed by atoms with van der Waals surface area (Å²) in [5, 5.41) is 2.03. The number of carbonyl (C=O) groups excluding carboxylic acids is 5. The lowest BCUT2D eigenvalue weighted by Gasteiger charge is -2.34. The van der Waals surface area contributed by atoms with E-state index < -0.39 is 67.0 Å². The van der Waals surface area contributed by atoms with E-state index in [1.165, 1.54) is 21.9 Å². The van der Waals surface area contributed by atoms with E-state index in [0.717, 1.165) is 56.1 Å². The number of hydrogen-bond acceptors (Lipinski definition) is 15. The highest BCUT2D eigenvalue weighted by Gasteiger charge is 2.48. The molecule has 24 heteroatoms. The normalized spacial score (nSPS) is 22.6. The van der Waals surface area contributed by atoms with Gasteiger partial charge in [-0.15, -0.1) is 0 Å². The first-order valence-corrected chi connectivity index (χ1v) is 20.8. The fraction of sp³-hybridized carbons (Fsp3) is 0.528. The molecule has 8 rings (SSSR count). The molecule has 4 atom stereocenters. The van der Waals surface area contributed by atoms with Crippen LogP contribution in [0.25, 0.3) is 0 Å². The van der Waals surface area contributed by atoms with Crippen LogP contribution in [0.4, 0.5) is 58.7 Å². The molecule has 6 heterocycles. The van der Waals surface area contributed by atoms with Crippen LogP contribution in [0.2, 0.25) is 0 Å². The number of esters is 2. The van der Waals surface area contributed by atoms with Gasteiger partial charge in [-0.3, -0.25) is 19.4 Å². The predicted molar refractivity (Wildman–Crippen MR) is 207 cm³/mol. The number of nitrogens with zero attached hydrogens (tertiary/aromatic N) is 4.